The summed E-state index contributed by atoms with van der Waals surface area (Å²) in [4.78, 5) is 10.6. The molecule has 0 atom stereocenters. The number of hydrogen-bond donors (Lipinski definition) is 1. The van der Waals surface area contributed by atoms with Crippen molar-refractivity contribution >= 4 is 5.78 Å². The van der Waals surface area contributed by atoms with E-state index < -0.39 is 0 Å². The molecule has 0 aromatic heterocycles. The Morgan fingerprint density at radius 1 is 1.67 bits per heavy atom. The molecule has 0 aliphatic heterocycles. The number of Topliss-reactive ketones (excluding diaryl/α,β-unsaturated/α-hetero) is 1. The fourth-order valence-corrected chi connectivity index (χ4v) is 1.14. The first-order chi connectivity index (χ1) is 4.18. The lowest BCUT2D eigenvalue weighted by atomic mass is 10.1. The molecule has 0 bridgehead atoms. The number of carbonyl (C=O) groups is 1. The highest BCUT2D eigenvalue weighted by Gasteiger charge is 2.41. The minimum atomic E-state index is 0.214. The maximum absolute atomic E-state index is 10.6. The van der Waals surface area contributed by atoms with Crippen LogP contribution in [0, 0.1) is 0 Å². The van der Waals surface area contributed by atoms with Gasteiger partial charge in [0.05, 0.1) is 0 Å². The highest BCUT2D eigenvalue weighted by Crippen LogP contribution is 2.38. The van der Waals surface area contributed by atoms with Crippen molar-refractivity contribution in [1.82, 2.24) is 5.32 Å². The predicted octanol–water partition coefficient (Wildman–Crippen LogP) is 0.717. The van der Waals surface area contributed by atoms with Gasteiger partial charge in [-0.25, -0.2) is 0 Å². The Balaban J connectivity index is 2.33. The van der Waals surface area contributed by atoms with Crippen LogP contribution in [0.15, 0.2) is 0 Å². The van der Waals surface area contributed by atoms with Crippen LogP contribution >= 0.6 is 0 Å². The molecule has 0 aromatic carbocycles. The summed E-state index contributed by atoms with van der Waals surface area (Å²) in [5.74, 6) is 0.293. The van der Waals surface area contributed by atoms with E-state index in [0.29, 0.717) is 12.2 Å². The first-order valence-corrected chi connectivity index (χ1v) is 3.37. The van der Waals surface area contributed by atoms with Crippen LogP contribution in [0.4, 0.5) is 0 Å². The Morgan fingerprint density at radius 3 is 2.33 bits per heavy atom. The zero-order chi connectivity index (χ0) is 6.91. The topological polar surface area (TPSA) is 29.1 Å². The van der Waals surface area contributed by atoms with E-state index in [0.717, 1.165) is 0 Å². The summed E-state index contributed by atoms with van der Waals surface area (Å²) in [6.07, 6.45) is 3.05. The fourth-order valence-electron chi connectivity index (χ4n) is 1.14. The van der Waals surface area contributed by atoms with Gasteiger partial charge in [0.1, 0.15) is 5.78 Å². The first-order valence-electron chi connectivity index (χ1n) is 3.37. The summed E-state index contributed by atoms with van der Waals surface area (Å²) in [6.45, 7) is 1.65. The van der Waals surface area contributed by atoms with Crippen molar-refractivity contribution in [3.05, 3.63) is 0 Å². The number of ketones is 1. The van der Waals surface area contributed by atoms with E-state index in [1.54, 1.807) is 6.92 Å². The van der Waals surface area contributed by atoms with Gasteiger partial charge in [-0.2, -0.15) is 0 Å². The Morgan fingerprint density at radius 2 is 2.22 bits per heavy atom. The molecule has 2 nitrogen and oxygen atoms in total. The normalized spacial score (nSPS) is 21.6. The lowest BCUT2D eigenvalue weighted by Crippen LogP contribution is -2.29. The van der Waals surface area contributed by atoms with Crippen molar-refractivity contribution in [2.45, 2.75) is 31.7 Å². The molecule has 2 heteroatoms. The smallest absolute Gasteiger partial charge is 0.131 e. The third-order valence-electron chi connectivity index (χ3n) is 1.97. The summed E-state index contributed by atoms with van der Waals surface area (Å²) >= 11 is 0. The standard InChI is InChI=1S/C7H13NO/c1-6(9)5-7(8-2)3-4-7/h8H,3-5H2,1-2H3. The maximum Gasteiger partial charge on any atom is 0.131 e. The molecule has 0 saturated heterocycles. The molecule has 0 heterocycles. The number of rotatable bonds is 3. The third kappa shape index (κ3) is 1.52. The van der Waals surface area contributed by atoms with Crippen LogP contribution in [0.3, 0.4) is 0 Å². The van der Waals surface area contributed by atoms with Gasteiger partial charge in [0, 0.05) is 12.0 Å². The number of hydrogen-bond acceptors (Lipinski definition) is 2. The van der Waals surface area contributed by atoms with Crippen LogP contribution in [0.1, 0.15) is 26.2 Å². The van der Waals surface area contributed by atoms with Gasteiger partial charge >= 0.3 is 0 Å². The Bertz CT molecular complexity index is 127. The second kappa shape index (κ2) is 2.10. The van der Waals surface area contributed by atoms with Gasteiger partial charge in [-0.15, -0.1) is 0 Å². The molecule has 1 saturated carbocycles. The Labute approximate surface area is 55.6 Å². The van der Waals surface area contributed by atoms with Crippen molar-refractivity contribution in [3.8, 4) is 0 Å². The predicted molar refractivity (Wildman–Crippen MR) is 36.3 cm³/mol. The highest BCUT2D eigenvalue weighted by atomic mass is 16.1. The molecule has 0 radical (unpaired) electrons. The van der Waals surface area contributed by atoms with E-state index in [1.165, 1.54) is 12.8 Å². The maximum atomic E-state index is 10.6. The second-order valence-electron chi connectivity index (χ2n) is 2.91. The molecule has 0 amide bonds. The summed E-state index contributed by atoms with van der Waals surface area (Å²) in [6, 6.07) is 0. The summed E-state index contributed by atoms with van der Waals surface area (Å²) < 4.78 is 0. The van der Waals surface area contributed by atoms with Crippen LogP contribution in [0.2, 0.25) is 0 Å². The highest BCUT2D eigenvalue weighted by molar-refractivity contribution is 5.77. The van der Waals surface area contributed by atoms with Crippen LogP contribution in [0.5, 0.6) is 0 Å². The van der Waals surface area contributed by atoms with Crippen molar-refractivity contribution < 1.29 is 4.79 Å². The summed E-state index contributed by atoms with van der Waals surface area (Å²) in [7, 11) is 1.93. The van der Waals surface area contributed by atoms with Crippen LogP contribution < -0.4 is 5.32 Å². The molecule has 1 rings (SSSR count). The van der Waals surface area contributed by atoms with E-state index >= 15 is 0 Å². The summed E-state index contributed by atoms with van der Waals surface area (Å²) in [5.41, 5.74) is 0.214. The fraction of sp³-hybridized carbons (Fsp3) is 0.857. The van der Waals surface area contributed by atoms with E-state index in [9.17, 15) is 4.79 Å². The SMILES string of the molecule is CNC1(CC(C)=O)CC1. The molecular formula is C7H13NO. The van der Waals surface area contributed by atoms with Gasteiger partial charge in [-0.1, -0.05) is 0 Å². The number of carbonyl (C=O) groups excluding carboxylic acids is 1. The van der Waals surface area contributed by atoms with Gasteiger partial charge in [0.2, 0.25) is 0 Å². The van der Waals surface area contributed by atoms with Crippen LogP contribution in [-0.4, -0.2) is 18.4 Å². The Kier molecular flexibility index (Phi) is 1.58. The molecule has 1 N–H and O–H groups in total. The lowest BCUT2D eigenvalue weighted by Gasteiger charge is -2.09. The van der Waals surface area contributed by atoms with Crippen molar-refractivity contribution in [2.75, 3.05) is 7.05 Å². The molecule has 1 fully saturated rings. The van der Waals surface area contributed by atoms with E-state index in [-0.39, 0.29) is 5.54 Å². The number of nitrogens with one attached hydrogen (secondary N) is 1. The Hall–Kier alpha value is -0.370. The quantitative estimate of drug-likeness (QED) is 0.605. The monoisotopic (exact) mass is 127 g/mol. The van der Waals surface area contributed by atoms with Crippen molar-refractivity contribution in [3.63, 3.8) is 0 Å². The molecule has 0 aromatic rings. The molecule has 1 aliphatic carbocycles. The van der Waals surface area contributed by atoms with Gasteiger partial charge in [0.25, 0.3) is 0 Å². The van der Waals surface area contributed by atoms with Crippen molar-refractivity contribution in [2.24, 2.45) is 0 Å². The first kappa shape index (κ1) is 6.75. The molecule has 0 spiro atoms. The second-order valence-corrected chi connectivity index (χ2v) is 2.91. The van der Waals surface area contributed by atoms with Gasteiger partial charge < -0.3 is 5.32 Å². The largest absolute Gasteiger partial charge is 0.314 e. The van der Waals surface area contributed by atoms with Crippen LogP contribution in [0.25, 0.3) is 0 Å². The lowest BCUT2D eigenvalue weighted by molar-refractivity contribution is -0.117. The zero-order valence-corrected chi connectivity index (χ0v) is 6.03. The van der Waals surface area contributed by atoms with E-state index in [4.69, 9.17) is 0 Å². The summed E-state index contributed by atoms with van der Waals surface area (Å²) in [5, 5.41) is 3.16. The average Bonchev–Trinajstić information content (AvgIpc) is 2.48. The molecule has 0 unspecified atom stereocenters. The van der Waals surface area contributed by atoms with Crippen LogP contribution in [-0.2, 0) is 4.79 Å². The minimum Gasteiger partial charge on any atom is -0.314 e. The van der Waals surface area contributed by atoms with Crippen molar-refractivity contribution in [1.29, 1.82) is 0 Å². The van der Waals surface area contributed by atoms with Gasteiger partial charge in [0.15, 0.2) is 0 Å². The molecular weight excluding hydrogens is 114 g/mol. The van der Waals surface area contributed by atoms with Gasteiger partial charge in [-0.3, -0.25) is 4.79 Å². The molecule has 1 aliphatic rings. The molecule has 9 heavy (non-hydrogen) atoms. The zero-order valence-electron chi connectivity index (χ0n) is 6.03. The van der Waals surface area contributed by atoms with E-state index in [2.05, 4.69) is 5.32 Å². The molecule has 52 valence electrons. The van der Waals surface area contributed by atoms with E-state index in [1.807, 2.05) is 7.05 Å². The minimum absolute atomic E-state index is 0.214. The average molecular weight is 127 g/mol. The van der Waals surface area contributed by atoms with Gasteiger partial charge in [-0.05, 0) is 26.8 Å². The third-order valence-corrected chi connectivity index (χ3v) is 1.97.